The number of hydrogen-bond acceptors (Lipinski definition) is 4. The largest absolute Gasteiger partial charge is 0.324 e. The molecule has 1 N–H and O–H groups in total. The molecule has 0 aliphatic rings. The number of aromatic nitrogens is 4. The van der Waals surface area contributed by atoms with Crippen molar-refractivity contribution >= 4 is 27.5 Å². The number of hydrogen-bond donors (Lipinski definition) is 1. The Balaban J connectivity index is 1.76. The average Bonchev–Trinajstić information content (AvgIpc) is 2.99. The van der Waals surface area contributed by atoms with Crippen LogP contribution in [0.15, 0.2) is 46.9 Å². The number of tetrazole rings is 1. The molecule has 0 saturated carbocycles. The molecule has 1 heterocycles. The van der Waals surface area contributed by atoms with Gasteiger partial charge in [0.05, 0.1) is 0 Å². The van der Waals surface area contributed by atoms with Crippen molar-refractivity contribution in [1.82, 2.24) is 20.2 Å². The van der Waals surface area contributed by atoms with Gasteiger partial charge in [0.2, 0.25) is 5.91 Å². The first-order valence-corrected chi connectivity index (χ1v) is 8.21. The lowest BCUT2D eigenvalue weighted by Gasteiger charge is -2.10. The Kier molecular flexibility index (Phi) is 4.71. The van der Waals surface area contributed by atoms with Gasteiger partial charge in [0, 0.05) is 15.7 Å². The van der Waals surface area contributed by atoms with Crippen LogP contribution in [0, 0.1) is 13.8 Å². The lowest BCUT2D eigenvalue weighted by molar-refractivity contribution is -0.116. The van der Waals surface area contributed by atoms with Crippen LogP contribution in [-0.2, 0) is 11.3 Å². The van der Waals surface area contributed by atoms with Crippen LogP contribution < -0.4 is 5.32 Å². The van der Waals surface area contributed by atoms with E-state index in [4.69, 9.17) is 0 Å². The summed E-state index contributed by atoms with van der Waals surface area (Å²) in [6, 6.07) is 13.5. The van der Waals surface area contributed by atoms with Crippen molar-refractivity contribution in [1.29, 1.82) is 0 Å². The smallest absolute Gasteiger partial charge is 0.246 e. The highest BCUT2D eigenvalue weighted by molar-refractivity contribution is 9.10. The summed E-state index contributed by atoms with van der Waals surface area (Å²) >= 11 is 3.39. The summed E-state index contributed by atoms with van der Waals surface area (Å²) in [6.45, 7) is 4.03. The van der Waals surface area contributed by atoms with Gasteiger partial charge in [0.25, 0.3) is 0 Å². The molecule has 0 bridgehead atoms. The minimum Gasteiger partial charge on any atom is -0.324 e. The van der Waals surface area contributed by atoms with Gasteiger partial charge in [-0.2, -0.15) is 0 Å². The van der Waals surface area contributed by atoms with Crippen LogP contribution in [0.1, 0.15) is 11.1 Å². The van der Waals surface area contributed by atoms with Gasteiger partial charge in [-0.3, -0.25) is 4.79 Å². The van der Waals surface area contributed by atoms with Crippen LogP contribution in [0.2, 0.25) is 0 Å². The second-order valence-electron chi connectivity index (χ2n) is 5.53. The zero-order valence-electron chi connectivity index (χ0n) is 13.3. The SMILES string of the molecule is Cc1ccc(NC(=O)Cn2nnnc2-c2ccc(Br)cc2)c(C)c1. The van der Waals surface area contributed by atoms with E-state index in [1.54, 1.807) is 0 Å². The van der Waals surface area contributed by atoms with E-state index in [0.717, 1.165) is 26.9 Å². The van der Waals surface area contributed by atoms with Gasteiger partial charge in [-0.05, 0) is 48.0 Å². The van der Waals surface area contributed by atoms with E-state index in [2.05, 4.69) is 36.8 Å². The second-order valence-corrected chi connectivity index (χ2v) is 6.45. The Morgan fingerprint density at radius 1 is 1.17 bits per heavy atom. The fourth-order valence-electron chi connectivity index (χ4n) is 2.40. The number of amides is 1. The monoisotopic (exact) mass is 385 g/mol. The molecule has 0 atom stereocenters. The number of carbonyl (C=O) groups is 1. The minimum absolute atomic E-state index is 0.0473. The maximum Gasteiger partial charge on any atom is 0.246 e. The van der Waals surface area contributed by atoms with Crippen LogP contribution in [0.5, 0.6) is 0 Å². The predicted molar refractivity (Wildman–Crippen MR) is 95.5 cm³/mol. The molecule has 3 rings (SSSR count). The zero-order valence-corrected chi connectivity index (χ0v) is 14.9. The Morgan fingerprint density at radius 3 is 2.62 bits per heavy atom. The van der Waals surface area contributed by atoms with Gasteiger partial charge < -0.3 is 5.32 Å². The lowest BCUT2D eigenvalue weighted by Crippen LogP contribution is -2.20. The Labute approximate surface area is 148 Å². The van der Waals surface area contributed by atoms with Crippen LogP contribution in [0.3, 0.4) is 0 Å². The molecule has 24 heavy (non-hydrogen) atoms. The summed E-state index contributed by atoms with van der Waals surface area (Å²) in [6.07, 6.45) is 0. The van der Waals surface area contributed by atoms with Crippen LogP contribution in [0.25, 0.3) is 11.4 Å². The minimum atomic E-state index is -0.174. The van der Waals surface area contributed by atoms with Gasteiger partial charge in [-0.15, -0.1) is 5.10 Å². The van der Waals surface area contributed by atoms with E-state index in [1.165, 1.54) is 4.68 Å². The molecule has 0 aliphatic heterocycles. The van der Waals surface area contributed by atoms with Crippen LogP contribution in [0.4, 0.5) is 5.69 Å². The summed E-state index contributed by atoms with van der Waals surface area (Å²) in [5, 5.41) is 14.5. The fourth-order valence-corrected chi connectivity index (χ4v) is 2.66. The molecule has 1 amide bonds. The molecule has 2 aromatic carbocycles. The number of halogens is 1. The summed E-state index contributed by atoms with van der Waals surface area (Å²) in [7, 11) is 0. The number of nitrogens with zero attached hydrogens (tertiary/aromatic N) is 4. The first-order chi connectivity index (χ1) is 11.5. The Bertz CT molecular complexity index is 873. The van der Waals surface area contributed by atoms with E-state index in [-0.39, 0.29) is 12.5 Å². The maximum absolute atomic E-state index is 12.3. The van der Waals surface area contributed by atoms with Crippen molar-refractivity contribution in [2.45, 2.75) is 20.4 Å². The van der Waals surface area contributed by atoms with E-state index in [9.17, 15) is 4.79 Å². The fraction of sp³-hybridized carbons (Fsp3) is 0.176. The Hall–Kier alpha value is -2.54. The van der Waals surface area contributed by atoms with Crippen molar-refractivity contribution in [2.24, 2.45) is 0 Å². The molecule has 0 aliphatic carbocycles. The van der Waals surface area contributed by atoms with E-state index >= 15 is 0 Å². The first kappa shape index (κ1) is 16.3. The summed E-state index contributed by atoms with van der Waals surface area (Å²) in [4.78, 5) is 12.3. The number of benzene rings is 2. The van der Waals surface area contributed by atoms with Crippen molar-refractivity contribution in [3.05, 3.63) is 58.1 Å². The summed E-state index contributed by atoms with van der Waals surface area (Å²) in [5.74, 6) is 0.380. The van der Waals surface area contributed by atoms with Crippen molar-refractivity contribution in [3.63, 3.8) is 0 Å². The third-order valence-corrected chi connectivity index (χ3v) is 4.11. The number of nitrogens with one attached hydrogen (secondary N) is 1. The van der Waals surface area contributed by atoms with E-state index < -0.39 is 0 Å². The molecule has 0 unspecified atom stereocenters. The zero-order chi connectivity index (χ0) is 17.1. The van der Waals surface area contributed by atoms with Crippen molar-refractivity contribution in [2.75, 3.05) is 5.32 Å². The average molecular weight is 386 g/mol. The third-order valence-electron chi connectivity index (χ3n) is 3.58. The molecule has 0 fully saturated rings. The molecular weight excluding hydrogens is 370 g/mol. The first-order valence-electron chi connectivity index (χ1n) is 7.42. The Morgan fingerprint density at radius 2 is 1.92 bits per heavy atom. The molecule has 1 aromatic heterocycles. The lowest BCUT2D eigenvalue weighted by atomic mass is 10.1. The van der Waals surface area contributed by atoms with Crippen molar-refractivity contribution in [3.8, 4) is 11.4 Å². The molecule has 6 nitrogen and oxygen atoms in total. The molecule has 0 radical (unpaired) electrons. The maximum atomic E-state index is 12.3. The quantitative estimate of drug-likeness (QED) is 0.747. The molecule has 122 valence electrons. The van der Waals surface area contributed by atoms with Gasteiger partial charge in [-0.25, -0.2) is 4.68 Å². The van der Waals surface area contributed by atoms with Crippen LogP contribution in [-0.4, -0.2) is 26.1 Å². The van der Waals surface area contributed by atoms with E-state index in [1.807, 2.05) is 56.3 Å². The highest BCUT2D eigenvalue weighted by atomic mass is 79.9. The van der Waals surface area contributed by atoms with E-state index in [0.29, 0.717) is 5.82 Å². The second kappa shape index (κ2) is 6.92. The summed E-state index contributed by atoms with van der Waals surface area (Å²) in [5.41, 5.74) is 3.82. The topological polar surface area (TPSA) is 72.7 Å². The highest BCUT2D eigenvalue weighted by Gasteiger charge is 2.13. The molecule has 0 saturated heterocycles. The molecule has 3 aromatic rings. The van der Waals surface area contributed by atoms with Gasteiger partial charge in [0.1, 0.15) is 6.54 Å². The van der Waals surface area contributed by atoms with Crippen LogP contribution >= 0.6 is 15.9 Å². The molecule has 0 spiro atoms. The molecule has 7 heteroatoms. The number of rotatable bonds is 4. The normalized spacial score (nSPS) is 10.6. The highest BCUT2D eigenvalue weighted by Crippen LogP contribution is 2.19. The number of anilines is 1. The number of carbonyl (C=O) groups excluding carboxylic acids is 1. The van der Waals surface area contributed by atoms with Crippen molar-refractivity contribution < 1.29 is 4.79 Å². The van der Waals surface area contributed by atoms with Gasteiger partial charge in [0.15, 0.2) is 5.82 Å². The van der Waals surface area contributed by atoms with Gasteiger partial charge >= 0.3 is 0 Å². The standard InChI is InChI=1S/C17H16BrN5O/c1-11-3-8-15(12(2)9-11)19-16(24)10-23-17(20-21-22-23)13-4-6-14(18)7-5-13/h3-9H,10H2,1-2H3,(H,19,24). The predicted octanol–water partition coefficient (Wildman–Crippen LogP) is 3.36. The summed E-state index contributed by atoms with van der Waals surface area (Å²) < 4.78 is 2.46. The third kappa shape index (κ3) is 3.68. The number of aryl methyl sites for hydroxylation is 2. The van der Waals surface area contributed by atoms with Gasteiger partial charge in [-0.1, -0.05) is 45.8 Å². The molecular formula is C17H16BrN5O.